The smallest absolute Gasteiger partial charge is 0.0965 e. The number of hydrogen-bond donors (Lipinski definition) is 1. The molecule has 0 bridgehead atoms. The van der Waals surface area contributed by atoms with Crippen molar-refractivity contribution in [1.82, 2.24) is 9.59 Å². The number of aromatic nitrogens is 2. The molecule has 0 saturated carbocycles. The molecule has 0 aliphatic carbocycles. The zero-order chi connectivity index (χ0) is 11.5. The molecule has 0 amide bonds. The van der Waals surface area contributed by atoms with Gasteiger partial charge >= 0.3 is 0 Å². The molecule has 0 aromatic carbocycles. The second kappa shape index (κ2) is 5.35. The number of aliphatic hydroxyl groups excluding tert-OH is 1. The molecule has 2 aromatic rings. The predicted octanol–water partition coefficient (Wildman–Crippen LogP) is 3.20. The van der Waals surface area contributed by atoms with E-state index in [9.17, 15) is 5.11 Å². The molecule has 0 radical (unpaired) electrons. The Bertz CT molecular complexity index is 469. The SMILES string of the molecule is CCc1nnsc1C(O)Cc1sccc1Br. The van der Waals surface area contributed by atoms with Gasteiger partial charge in [0.1, 0.15) is 0 Å². The highest BCUT2D eigenvalue weighted by atomic mass is 79.9. The molecule has 2 aromatic heterocycles. The van der Waals surface area contributed by atoms with Crippen molar-refractivity contribution < 1.29 is 5.11 Å². The van der Waals surface area contributed by atoms with Crippen LogP contribution >= 0.6 is 38.8 Å². The third-order valence-electron chi connectivity index (χ3n) is 2.29. The van der Waals surface area contributed by atoms with E-state index in [0.29, 0.717) is 6.42 Å². The summed E-state index contributed by atoms with van der Waals surface area (Å²) in [5.74, 6) is 0. The Labute approximate surface area is 110 Å². The summed E-state index contributed by atoms with van der Waals surface area (Å²) in [6.45, 7) is 2.02. The van der Waals surface area contributed by atoms with E-state index in [1.54, 1.807) is 11.3 Å². The van der Waals surface area contributed by atoms with E-state index in [1.807, 2.05) is 18.4 Å². The molecule has 0 aliphatic heterocycles. The minimum absolute atomic E-state index is 0.495. The number of halogens is 1. The van der Waals surface area contributed by atoms with Crippen LogP contribution in [0, 0.1) is 0 Å². The summed E-state index contributed by atoms with van der Waals surface area (Å²) in [5, 5.41) is 16.2. The Balaban J connectivity index is 2.14. The monoisotopic (exact) mass is 318 g/mol. The maximum atomic E-state index is 10.1. The van der Waals surface area contributed by atoms with Crippen molar-refractivity contribution in [2.75, 3.05) is 0 Å². The average Bonchev–Trinajstić information content (AvgIpc) is 2.87. The van der Waals surface area contributed by atoms with Crippen molar-refractivity contribution in [1.29, 1.82) is 0 Å². The maximum absolute atomic E-state index is 10.1. The summed E-state index contributed by atoms with van der Waals surface area (Å²) in [6, 6.07) is 2.00. The molecule has 3 nitrogen and oxygen atoms in total. The fourth-order valence-electron chi connectivity index (χ4n) is 1.45. The van der Waals surface area contributed by atoms with E-state index < -0.39 is 6.10 Å². The van der Waals surface area contributed by atoms with Crippen molar-refractivity contribution in [3.8, 4) is 0 Å². The van der Waals surface area contributed by atoms with Gasteiger partial charge < -0.3 is 5.11 Å². The van der Waals surface area contributed by atoms with Crippen molar-refractivity contribution in [3.05, 3.63) is 31.4 Å². The van der Waals surface area contributed by atoms with Crippen LogP contribution in [0.25, 0.3) is 0 Å². The fourth-order valence-corrected chi connectivity index (χ4v) is 3.73. The fraction of sp³-hybridized carbons (Fsp3) is 0.400. The van der Waals surface area contributed by atoms with E-state index in [1.165, 1.54) is 11.5 Å². The molecule has 0 saturated heterocycles. The Morgan fingerprint density at radius 1 is 1.56 bits per heavy atom. The van der Waals surface area contributed by atoms with Gasteiger partial charge in [0.15, 0.2) is 0 Å². The first-order chi connectivity index (χ1) is 7.72. The first-order valence-electron chi connectivity index (χ1n) is 4.93. The minimum atomic E-state index is -0.495. The molecule has 2 rings (SSSR count). The zero-order valence-electron chi connectivity index (χ0n) is 8.68. The third-order valence-corrected chi connectivity index (χ3v) is 5.11. The number of aryl methyl sites for hydroxylation is 1. The van der Waals surface area contributed by atoms with Crippen LogP contribution in [-0.2, 0) is 12.8 Å². The van der Waals surface area contributed by atoms with Crippen LogP contribution < -0.4 is 0 Å². The average molecular weight is 319 g/mol. The van der Waals surface area contributed by atoms with Crippen molar-refractivity contribution in [3.63, 3.8) is 0 Å². The number of thiophene rings is 1. The lowest BCUT2D eigenvalue weighted by atomic mass is 10.1. The van der Waals surface area contributed by atoms with Gasteiger partial charge in [0.2, 0.25) is 0 Å². The van der Waals surface area contributed by atoms with E-state index in [0.717, 1.165) is 26.3 Å². The van der Waals surface area contributed by atoms with Crippen LogP contribution in [0.3, 0.4) is 0 Å². The maximum Gasteiger partial charge on any atom is 0.0965 e. The van der Waals surface area contributed by atoms with Gasteiger partial charge in [-0.1, -0.05) is 11.4 Å². The topological polar surface area (TPSA) is 46.0 Å². The van der Waals surface area contributed by atoms with Gasteiger partial charge in [0, 0.05) is 15.8 Å². The number of nitrogens with zero attached hydrogens (tertiary/aromatic N) is 2. The van der Waals surface area contributed by atoms with E-state index in [-0.39, 0.29) is 0 Å². The summed E-state index contributed by atoms with van der Waals surface area (Å²) in [6.07, 6.45) is 0.939. The van der Waals surface area contributed by atoms with Crippen molar-refractivity contribution in [2.45, 2.75) is 25.9 Å². The molecule has 2 heterocycles. The highest BCUT2D eigenvalue weighted by molar-refractivity contribution is 9.10. The van der Waals surface area contributed by atoms with Crippen LogP contribution in [0.15, 0.2) is 15.9 Å². The molecular weight excluding hydrogens is 308 g/mol. The lowest BCUT2D eigenvalue weighted by Crippen LogP contribution is -2.01. The number of rotatable bonds is 4. The lowest BCUT2D eigenvalue weighted by molar-refractivity contribution is 0.182. The molecule has 0 fully saturated rings. The Morgan fingerprint density at radius 2 is 2.38 bits per heavy atom. The highest BCUT2D eigenvalue weighted by Gasteiger charge is 2.17. The van der Waals surface area contributed by atoms with Gasteiger partial charge in [-0.05, 0) is 45.3 Å². The molecule has 1 N–H and O–H groups in total. The van der Waals surface area contributed by atoms with Crippen LogP contribution in [0.5, 0.6) is 0 Å². The van der Waals surface area contributed by atoms with Crippen LogP contribution in [0.2, 0.25) is 0 Å². The largest absolute Gasteiger partial charge is 0.387 e. The van der Waals surface area contributed by atoms with E-state index >= 15 is 0 Å². The predicted molar refractivity (Wildman–Crippen MR) is 70.0 cm³/mol. The van der Waals surface area contributed by atoms with Crippen molar-refractivity contribution in [2.24, 2.45) is 0 Å². The third kappa shape index (κ3) is 2.51. The second-order valence-electron chi connectivity index (χ2n) is 3.35. The quantitative estimate of drug-likeness (QED) is 0.941. The highest BCUT2D eigenvalue weighted by Crippen LogP contribution is 2.30. The van der Waals surface area contributed by atoms with Crippen LogP contribution in [0.4, 0.5) is 0 Å². The molecule has 16 heavy (non-hydrogen) atoms. The van der Waals surface area contributed by atoms with Crippen LogP contribution in [0.1, 0.15) is 28.5 Å². The summed E-state index contributed by atoms with van der Waals surface area (Å²) in [7, 11) is 0. The first kappa shape index (κ1) is 12.2. The molecule has 86 valence electrons. The minimum Gasteiger partial charge on any atom is -0.387 e. The molecular formula is C10H11BrN2OS2. The molecule has 6 heteroatoms. The van der Waals surface area contributed by atoms with Crippen molar-refractivity contribution >= 4 is 38.8 Å². The van der Waals surface area contributed by atoms with Gasteiger partial charge in [-0.15, -0.1) is 16.4 Å². The van der Waals surface area contributed by atoms with E-state index in [2.05, 4.69) is 25.5 Å². The summed E-state index contributed by atoms with van der Waals surface area (Å²) < 4.78 is 4.95. The Hall–Kier alpha value is -0.300. The molecule has 1 unspecified atom stereocenters. The molecule has 1 atom stereocenters. The first-order valence-corrected chi connectivity index (χ1v) is 7.38. The molecule has 0 aliphatic rings. The summed E-state index contributed by atoms with van der Waals surface area (Å²) in [5.41, 5.74) is 0.908. The second-order valence-corrected chi connectivity index (χ2v) is 5.99. The van der Waals surface area contributed by atoms with Gasteiger partial charge in [0.25, 0.3) is 0 Å². The van der Waals surface area contributed by atoms with Gasteiger partial charge in [-0.2, -0.15) is 0 Å². The van der Waals surface area contributed by atoms with Gasteiger partial charge in [0.05, 0.1) is 16.7 Å². The standard InChI is InChI=1S/C10H11BrN2OS2/c1-2-7-10(16-13-12-7)8(14)5-9-6(11)3-4-15-9/h3-4,8,14H,2,5H2,1H3. The van der Waals surface area contributed by atoms with Crippen LogP contribution in [-0.4, -0.2) is 14.7 Å². The lowest BCUT2D eigenvalue weighted by Gasteiger charge is -2.08. The zero-order valence-corrected chi connectivity index (χ0v) is 11.9. The van der Waals surface area contributed by atoms with Gasteiger partial charge in [-0.3, -0.25) is 0 Å². The Kier molecular flexibility index (Phi) is 4.07. The molecule has 0 spiro atoms. The number of aliphatic hydroxyl groups is 1. The Morgan fingerprint density at radius 3 is 3.00 bits per heavy atom. The summed E-state index contributed by atoms with van der Waals surface area (Å²) in [4.78, 5) is 2.05. The van der Waals surface area contributed by atoms with Gasteiger partial charge in [-0.25, -0.2) is 0 Å². The summed E-state index contributed by atoms with van der Waals surface area (Å²) >= 11 is 6.40. The normalized spacial score (nSPS) is 12.9. The number of hydrogen-bond acceptors (Lipinski definition) is 5. The van der Waals surface area contributed by atoms with E-state index in [4.69, 9.17) is 0 Å².